The lowest BCUT2D eigenvalue weighted by Crippen LogP contribution is -2.26. The molecule has 7 heteroatoms. The van der Waals surface area contributed by atoms with Crippen molar-refractivity contribution in [2.24, 2.45) is 0 Å². The first-order chi connectivity index (χ1) is 11.6. The molecular weight excluding hydrogens is 311 g/mol. The Morgan fingerprint density at radius 2 is 2.25 bits per heavy atom. The third-order valence-electron chi connectivity index (χ3n) is 3.71. The van der Waals surface area contributed by atoms with Crippen LogP contribution in [-0.2, 0) is 6.42 Å². The van der Waals surface area contributed by atoms with Gasteiger partial charge in [-0.05, 0) is 36.8 Å². The van der Waals surface area contributed by atoms with Crippen molar-refractivity contribution in [1.82, 2.24) is 20.3 Å². The fourth-order valence-corrected chi connectivity index (χ4v) is 2.33. The van der Waals surface area contributed by atoms with Crippen LogP contribution in [0.15, 0.2) is 53.3 Å². The first-order valence-electron chi connectivity index (χ1n) is 7.61. The first-order valence-corrected chi connectivity index (χ1v) is 7.61. The molecule has 1 atom stereocenters. The van der Waals surface area contributed by atoms with Crippen molar-refractivity contribution >= 4 is 5.91 Å². The molecule has 1 N–H and O–H groups in total. The molecule has 0 fully saturated rings. The number of furan rings is 1. The summed E-state index contributed by atoms with van der Waals surface area (Å²) in [6, 6.07) is 9.70. The summed E-state index contributed by atoms with van der Waals surface area (Å²) in [5, 5.41) is 10.6. The summed E-state index contributed by atoms with van der Waals surface area (Å²) in [6.45, 7) is 2.31. The Labute approximate surface area is 138 Å². The summed E-state index contributed by atoms with van der Waals surface area (Å²) >= 11 is 0. The zero-order valence-electron chi connectivity index (χ0n) is 13.1. The molecule has 2 heterocycles. The molecule has 0 aliphatic heterocycles. The Morgan fingerprint density at radius 3 is 3.00 bits per heavy atom. The highest BCUT2D eigenvalue weighted by atomic mass is 19.1. The number of benzene rings is 1. The Bertz CT molecular complexity index is 814. The number of nitrogens with one attached hydrogen (secondary N) is 1. The highest BCUT2D eigenvalue weighted by Gasteiger charge is 2.15. The molecule has 3 aromatic rings. The average molecular weight is 328 g/mol. The highest BCUT2D eigenvalue weighted by Crippen LogP contribution is 2.17. The number of hydrogen-bond donors (Lipinski definition) is 1. The van der Waals surface area contributed by atoms with Crippen LogP contribution in [-0.4, -0.2) is 27.4 Å². The quantitative estimate of drug-likeness (QED) is 0.755. The van der Waals surface area contributed by atoms with E-state index < -0.39 is 0 Å². The average Bonchev–Trinajstić information content (AvgIpc) is 3.26. The van der Waals surface area contributed by atoms with Gasteiger partial charge in [0.05, 0.1) is 18.5 Å². The van der Waals surface area contributed by atoms with E-state index in [1.54, 1.807) is 30.7 Å². The van der Waals surface area contributed by atoms with Gasteiger partial charge in [-0.3, -0.25) is 4.79 Å². The minimum atomic E-state index is -0.310. The van der Waals surface area contributed by atoms with Crippen molar-refractivity contribution in [3.63, 3.8) is 0 Å². The second-order valence-corrected chi connectivity index (χ2v) is 5.40. The second kappa shape index (κ2) is 7.08. The molecule has 0 aliphatic carbocycles. The molecule has 1 amide bonds. The standard InChI is InChI=1S/C17H17FN4O2/c1-12(13-4-2-5-14(18)10-13)22-11-16(20-21-22)17(23)19-8-7-15-6-3-9-24-15/h2-6,9-12H,7-8H2,1H3,(H,19,23)/t12-/m0/s1. The molecule has 0 aliphatic rings. The molecule has 3 rings (SSSR count). The van der Waals surface area contributed by atoms with Crippen molar-refractivity contribution in [3.8, 4) is 0 Å². The largest absolute Gasteiger partial charge is 0.469 e. The van der Waals surface area contributed by atoms with Crippen LogP contribution < -0.4 is 5.32 Å². The summed E-state index contributed by atoms with van der Waals surface area (Å²) in [5.41, 5.74) is 0.974. The molecule has 1 aromatic carbocycles. The number of rotatable bonds is 6. The molecular formula is C17H17FN4O2. The zero-order chi connectivity index (χ0) is 16.9. The van der Waals surface area contributed by atoms with Gasteiger partial charge in [0, 0.05) is 13.0 Å². The fourth-order valence-electron chi connectivity index (χ4n) is 2.33. The maximum absolute atomic E-state index is 13.3. The molecule has 0 radical (unpaired) electrons. The predicted molar refractivity (Wildman–Crippen MR) is 85.0 cm³/mol. The Hall–Kier alpha value is -2.96. The third kappa shape index (κ3) is 3.68. The number of halogens is 1. The van der Waals surface area contributed by atoms with Crippen LogP contribution in [0.2, 0.25) is 0 Å². The van der Waals surface area contributed by atoms with Crippen molar-refractivity contribution in [2.45, 2.75) is 19.4 Å². The molecule has 0 saturated carbocycles. The number of carbonyl (C=O) groups excluding carboxylic acids is 1. The van der Waals surface area contributed by atoms with Gasteiger partial charge in [0.2, 0.25) is 0 Å². The van der Waals surface area contributed by atoms with Gasteiger partial charge >= 0.3 is 0 Å². The number of aromatic nitrogens is 3. The van der Waals surface area contributed by atoms with E-state index in [9.17, 15) is 9.18 Å². The van der Waals surface area contributed by atoms with E-state index in [1.807, 2.05) is 13.0 Å². The monoisotopic (exact) mass is 328 g/mol. The van der Waals surface area contributed by atoms with Crippen LogP contribution in [0, 0.1) is 5.82 Å². The van der Waals surface area contributed by atoms with Crippen molar-refractivity contribution in [3.05, 3.63) is 71.7 Å². The van der Waals surface area contributed by atoms with Gasteiger partial charge in [-0.15, -0.1) is 5.10 Å². The molecule has 124 valence electrons. The topological polar surface area (TPSA) is 73.0 Å². The maximum atomic E-state index is 13.3. The van der Waals surface area contributed by atoms with Crippen LogP contribution in [0.25, 0.3) is 0 Å². The van der Waals surface area contributed by atoms with Crippen molar-refractivity contribution in [1.29, 1.82) is 0 Å². The van der Waals surface area contributed by atoms with E-state index in [-0.39, 0.29) is 23.5 Å². The SMILES string of the molecule is C[C@@H](c1cccc(F)c1)n1cc(C(=O)NCCc2ccco2)nn1. The number of nitrogens with zero attached hydrogens (tertiary/aromatic N) is 3. The number of carbonyl (C=O) groups is 1. The number of amides is 1. The molecule has 0 saturated heterocycles. The minimum absolute atomic E-state index is 0.220. The molecule has 24 heavy (non-hydrogen) atoms. The van der Waals surface area contributed by atoms with E-state index >= 15 is 0 Å². The van der Waals surface area contributed by atoms with Crippen LogP contribution >= 0.6 is 0 Å². The van der Waals surface area contributed by atoms with Crippen LogP contribution in [0.3, 0.4) is 0 Å². The van der Waals surface area contributed by atoms with E-state index in [0.717, 1.165) is 11.3 Å². The van der Waals surface area contributed by atoms with Crippen LogP contribution in [0.5, 0.6) is 0 Å². The zero-order valence-corrected chi connectivity index (χ0v) is 13.1. The molecule has 6 nitrogen and oxygen atoms in total. The lowest BCUT2D eigenvalue weighted by Gasteiger charge is -2.11. The molecule has 0 unspecified atom stereocenters. The van der Waals surface area contributed by atoms with Gasteiger partial charge in [0.1, 0.15) is 11.6 Å². The van der Waals surface area contributed by atoms with Crippen LogP contribution in [0.4, 0.5) is 4.39 Å². The lowest BCUT2D eigenvalue weighted by atomic mass is 10.1. The van der Waals surface area contributed by atoms with Crippen molar-refractivity contribution < 1.29 is 13.6 Å². The van der Waals surface area contributed by atoms with E-state index in [4.69, 9.17) is 4.42 Å². The summed E-state index contributed by atoms with van der Waals surface area (Å²) in [6.07, 6.45) is 3.75. The predicted octanol–water partition coefficient (Wildman–Crippen LogP) is 2.59. The van der Waals surface area contributed by atoms with E-state index in [1.165, 1.54) is 16.8 Å². The smallest absolute Gasteiger partial charge is 0.273 e. The Morgan fingerprint density at radius 1 is 1.38 bits per heavy atom. The van der Waals surface area contributed by atoms with Gasteiger partial charge in [0.15, 0.2) is 5.69 Å². The molecule has 0 bridgehead atoms. The van der Waals surface area contributed by atoms with E-state index in [2.05, 4.69) is 15.6 Å². The summed E-state index contributed by atoms with van der Waals surface area (Å²) < 4.78 is 20.1. The maximum Gasteiger partial charge on any atom is 0.273 e. The summed E-state index contributed by atoms with van der Waals surface area (Å²) in [4.78, 5) is 12.1. The minimum Gasteiger partial charge on any atom is -0.469 e. The second-order valence-electron chi connectivity index (χ2n) is 5.40. The Kier molecular flexibility index (Phi) is 4.69. The van der Waals surface area contributed by atoms with Crippen LogP contribution in [0.1, 0.15) is 34.8 Å². The van der Waals surface area contributed by atoms with Gasteiger partial charge in [0.25, 0.3) is 5.91 Å². The van der Waals surface area contributed by atoms with Gasteiger partial charge in [-0.2, -0.15) is 0 Å². The fraction of sp³-hybridized carbons (Fsp3) is 0.235. The molecule has 2 aromatic heterocycles. The molecule has 0 spiro atoms. The lowest BCUT2D eigenvalue weighted by molar-refractivity contribution is 0.0948. The normalized spacial score (nSPS) is 12.1. The van der Waals surface area contributed by atoms with E-state index in [0.29, 0.717) is 13.0 Å². The van der Waals surface area contributed by atoms with Gasteiger partial charge < -0.3 is 9.73 Å². The Balaban J connectivity index is 1.61. The number of hydrogen-bond acceptors (Lipinski definition) is 4. The first kappa shape index (κ1) is 15.9. The van der Waals surface area contributed by atoms with Crippen molar-refractivity contribution in [2.75, 3.05) is 6.54 Å². The highest BCUT2D eigenvalue weighted by molar-refractivity contribution is 5.91. The van der Waals surface area contributed by atoms with Gasteiger partial charge in [-0.25, -0.2) is 9.07 Å². The summed E-state index contributed by atoms with van der Waals surface area (Å²) in [5.74, 6) is 0.188. The summed E-state index contributed by atoms with van der Waals surface area (Å²) in [7, 11) is 0. The van der Waals surface area contributed by atoms with Gasteiger partial charge in [-0.1, -0.05) is 17.3 Å². The third-order valence-corrected chi connectivity index (χ3v) is 3.71.